The Morgan fingerprint density at radius 1 is 1.62 bits per heavy atom. The molecule has 72 valence electrons. The number of hydrogen-bond acceptors (Lipinski definition) is 4. The first kappa shape index (κ1) is 8.50. The lowest BCUT2D eigenvalue weighted by molar-refractivity contribution is 0.175. The van der Waals surface area contributed by atoms with Gasteiger partial charge in [0.15, 0.2) is 0 Å². The second-order valence-electron chi connectivity index (χ2n) is 3.45. The van der Waals surface area contributed by atoms with Gasteiger partial charge < -0.3 is 10.5 Å². The molecule has 0 aliphatic heterocycles. The molecule has 1 aliphatic rings. The maximum Gasteiger partial charge on any atom is 0.232 e. The van der Waals surface area contributed by atoms with E-state index in [1.165, 1.54) is 0 Å². The fourth-order valence-corrected chi connectivity index (χ4v) is 1.64. The molecule has 0 amide bonds. The Morgan fingerprint density at radius 2 is 2.46 bits per heavy atom. The summed E-state index contributed by atoms with van der Waals surface area (Å²) in [6.45, 7) is 0. The average Bonchev–Trinajstić information content (AvgIpc) is 2.65. The molecule has 2 N–H and O–H groups in total. The summed E-state index contributed by atoms with van der Waals surface area (Å²) in [5.41, 5.74) is 5.87. The number of aryl methyl sites for hydroxylation is 1. The molecule has 1 aliphatic carbocycles. The zero-order valence-corrected chi connectivity index (χ0v) is 7.68. The van der Waals surface area contributed by atoms with E-state index in [4.69, 9.17) is 10.5 Å². The molecule has 0 saturated heterocycles. The molecule has 0 aromatic carbocycles. The molecule has 13 heavy (non-hydrogen) atoms. The van der Waals surface area contributed by atoms with Crippen molar-refractivity contribution >= 4 is 0 Å². The van der Waals surface area contributed by atoms with E-state index in [0.717, 1.165) is 19.3 Å². The van der Waals surface area contributed by atoms with Gasteiger partial charge in [-0.15, -0.1) is 5.10 Å². The van der Waals surface area contributed by atoms with E-state index in [2.05, 4.69) is 10.3 Å². The zero-order valence-electron chi connectivity index (χ0n) is 7.68. The Balaban J connectivity index is 2.01. The summed E-state index contributed by atoms with van der Waals surface area (Å²) in [6.07, 6.45) is 4.99. The highest BCUT2D eigenvalue weighted by Crippen LogP contribution is 2.22. The van der Waals surface area contributed by atoms with Gasteiger partial charge in [-0.25, -0.2) is 4.68 Å². The van der Waals surface area contributed by atoms with E-state index < -0.39 is 0 Å². The Morgan fingerprint density at radius 3 is 3.00 bits per heavy atom. The summed E-state index contributed by atoms with van der Waals surface area (Å²) in [5, 5.41) is 7.52. The van der Waals surface area contributed by atoms with Crippen molar-refractivity contribution < 1.29 is 4.74 Å². The van der Waals surface area contributed by atoms with Crippen LogP contribution in [0, 0.1) is 0 Å². The van der Waals surface area contributed by atoms with Gasteiger partial charge in [0.2, 0.25) is 5.88 Å². The fourth-order valence-electron chi connectivity index (χ4n) is 1.64. The summed E-state index contributed by atoms with van der Waals surface area (Å²) in [6, 6.07) is 0.162. The number of hydrogen-bond donors (Lipinski definition) is 1. The molecule has 5 nitrogen and oxygen atoms in total. The number of nitrogens with two attached hydrogens (primary N) is 1. The van der Waals surface area contributed by atoms with Crippen LogP contribution < -0.4 is 10.5 Å². The van der Waals surface area contributed by atoms with Crippen molar-refractivity contribution in [2.45, 2.75) is 31.4 Å². The van der Waals surface area contributed by atoms with Crippen LogP contribution in [0.4, 0.5) is 0 Å². The molecule has 0 bridgehead atoms. The molecule has 1 aromatic heterocycles. The minimum atomic E-state index is 0.136. The molecule has 2 unspecified atom stereocenters. The van der Waals surface area contributed by atoms with E-state index in [0.29, 0.717) is 5.88 Å². The van der Waals surface area contributed by atoms with Crippen molar-refractivity contribution in [2.75, 3.05) is 0 Å². The van der Waals surface area contributed by atoms with Gasteiger partial charge in [0, 0.05) is 13.1 Å². The predicted octanol–water partition coefficient (Wildman–Crippen LogP) is 0.0737. The lowest BCUT2D eigenvalue weighted by Gasteiger charge is -2.16. The maximum atomic E-state index is 5.87. The molecular weight excluding hydrogens is 168 g/mol. The lowest BCUT2D eigenvalue weighted by atomic mass is 10.2. The highest BCUT2D eigenvalue weighted by Gasteiger charge is 2.26. The number of rotatable bonds is 2. The first-order valence-corrected chi connectivity index (χ1v) is 4.54. The third-order valence-electron chi connectivity index (χ3n) is 2.45. The van der Waals surface area contributed by atoms with Gasteiger partial charge >= 0.3 is 0 Å². The van der Waals surface area contributed by atoms with Gasteiger partial charge in [-0.3, -0.25) is 0 Å². The third-order valence-corrected chi connectivity index (χ3v) is 2.45. The second-order valence-corrected chi connectivity index (χ2v) is 3.45. The topological polar surface area (TPSA) is 66.0 Å². The molecule has 0 spiro atoms. The molecule has 5 heteroatoms. The van der Waals surface area contributed by atoms with Crippen molar-refractivity contribution in [3.63, 3.8) is 0 Å². The second kappa shape index (κ2) is 3.33. The molecule has 1 aromatic rings. The van der Waals surface area contributed by atoms with Crippen LogP contribution in [0.2, 0.25) is 0 Å². The molecule has 2 rings (SSSR count). The Bertz CT molecular complexity index is 285. The average molecular weight is 182 g/mol. The highest BCUT2D eigenvalue weighted by atomic mass is 16.5. The Labute approximate surface area is 76.9 Å². The standard InChI is InChI=1S/C8H14N4O/c1-12-8(5-10-11-12)13-7-4-2-3-6(7)9/h5-7H,2-4,9H2,1H3. The van der Waals surface area contributed by atoms with Gasteiger partial charge in [-0.2, -0.15) is 0 Å². The van der Waals surface area contributed by atoms with E-state index in [1.807, 2.05) is 7.05 Å². The van der Waals surface area contributed by atoms with Gasteiger partial charge in [0.1, 0.15) is 12.3 Å². The first-order valence-electron chi connectivity index (χ1n) is 4.54. The van der Waals surface area contributed by atoms with Crippen LogP contribution in [-0.4, -0.2) is 27.1 Å². The van der Waals surface area contributed by atoms with Crippen molar-refractivity contribution in [3.8, 4) is 5.88 Å². The summed E-state index contributed by atoms with van der Waals surface area (Å²) in [4.78, 5) is 0. The van der Waals surface area contributed by atoms with Crippen LogP contribution >= 0.6 is 0 Å². The van der Waals surface area contributed by atoms with E-state index in [-0.39, 0.29) is 12.1 Å². The van der Waals surface area contributed by atoms with Crippen molar-refractivity contribution in [1.82, 2.24) is 15.0 Å². The normalized spacial score (nSPS) is 27.8. The number of ether oxygens (including phenoxy) is 1. The highest BCUT2D eigenvalue weighted by molar-refractivity contribution is 5.03. The van der Waals surface area contributed by atoms with Crippen molar-refractivity contribution in [3.05, 3.63) is 6.20 Å². The molecule has 1 heterocycles. The molecule has 0 radical (unpaired) electrons. The first-order chi connectivity index (χ1) is 6.27. The smallest absolute Gasteiger partial charge is 0.232 e. The van der Waals surface area contributed by atoms with E-state index in [1.54, 1.807) is 10.9 Å². The minimum Gasteiger partial charge on any atom is -0.472 e. The van der Waals surface area contributed by atoms with Crippen LogP contribution in [-0.2, 0) is 7.05 Å². The van der Waals surface area contributed by atoms with Crippen LogP contribution in [0.3, 0.4) is 0 Å². The predicted molar refractivity (Wildman–Crippen MR) is 47.2 cm³/mol. The SMILES string of the molecule is Cn1nncc1OC1CCCC1N. The maximum absolute atomic E-state index is 5.87. The third kappa shape index (κ3) is 1.65. The minimum absolute atomic E-state index is 0.136. The molecule has 1 fully saturated rings. The number of nitrogens with zero attached hydrogens (tertiary/aromatic N) is 3. The van der Waals surface area contributed by atoms with Crippen LogP contribution in [0.5, 0.6) is 5.88 Å². The Hall–Kier alpha value is -1.10. The van der Waals surface area contributed by atoms with Crippen LogP contribution in [0.25, 0.3) is 0 Å². The summed E-state index contributed by atoms with van der Waals surface area (Å²) in [7, 11) is 1.81. The Kier molecular flexibility index (Phi) is 2.18. The molecule has 2 atom stereocenters. The van der Waals surface area contributed by atoms with Crippen LogP contribution in [0.15, 0.2) is 6.20 Å². The quantitative estimate of drug-likeness (QED) is 0.703. The van der Waals surface area contributed by atoms with E-state index in [9.17, 15) is 0 Å². The van der Waals surface area contributed by atoms with Gasteiger partial charge in [0.25, 0.3) is 0 Å². The summed E-state index contributed by atoms with van der Waals surface area (Å²) >= 11 is 0. The lowest BCUT2D eigenvalue weighted by Crippen LogP contribution is -2.34. The monoisotopic (exact) mass is 182 g/mol. The van der Waals surface area contributed by atoms with Crippen LogP contribution in [0.1, 0.15) is 19.3 Å². The largest absolute Gasteiger partial charge is 0.472 e. The number of aromatic nitrogens is 3. The zero-order chi connectivity index (χ0) is 9.26. The van der Waals surface area contributed by atoms with Gasteiger partial charge in [0.05, 0.1) is 0 Å². The van der Waals surface area contributed by atoms with E-state index >= 15 is 0 Å². The fraction of sp³-hybridized carbons (Fsp3) is 0.750. The van der Waals surface area contributed by atoms with Crippen molar-refractivity contribution in [2.24, 2.45) is 12.8 Å². The van der Waals surface area contributed by atoms with Gasteiger partial charge in [-0.1, -0.05) is 5.21 Å². The summed E-state index contributed by atoms with van der Waals surface area (Å²) in [5.74, 6) is 0.697. The molecular formula is C8H14N4O. The van der Waals surface area contributed by atoms with Gasteiger partial charge in [-0.05, 0) is 19.3 Å². The molecule has 1 saturated carbocycles. The van der Waals surface area contributed by atoms with Crippen molar-refractivity contribution in [1.29, 1.82) is 0 Å². The summed E-state index contributed by atoms with van der Waals surface area (Å²) < 4.78 is 7.29.